The first kappa shape index (κ1) is 12.6. The maximum absolute atomic E-state index is 11.9. The van der Waals surface area contributed by atoms with Crippen molar-refractivity contribution in [1.82, 2.24) is 9.97 Å². The molecule has 0 spiro atoms. The van der Waals surface area contributed by atoms with Crippen molar-refractivity contribution in [2.24, 2.45) is 0 Å². The number of aromatic nitrogens is 2. The number of rotatable bonds is 2. The molecule has 1 aromatic carbocycles. The Morgan fingerprint density at radius 1 is 1.17 bits per heavy atom. The van der Waals surface area contributed by atoms with Crippen LogP contribution in [0.3, 0.4) is 0 Å². The molecule has 0 aliphatic heterocycles. The summed E-state index contributed by atoms with van der Waals surface area (Å²) in [5.41, 5.74) is 4.83. The van der Waals surface area contributed by atoms with Crippen LogP contribution in [0.1, 0.15) is 29.3 Å². The van der Waals surface area contributed by atoms with Crippen LogP contribution in [0.4, 0.5) is 0 Å². The van der Waals surface area contributed by atoms with Gasteiger partial charge in [-0.2, -0.15) is 0 Å². The molecule has 2 rings (SSSR count). The monoisotopic (exact) mass is 242 g/mol. The van der Waals surface area contributed by atoms with E-state index >= 15 is 0 Å². The lowest BCUT2D eigenvalue weighted by Gasteiger charge is -2.11. The van der Waals surface area contributed by atoms with E-state index in [0.29, 0.717) is 11.4 Å². The second kappa shape index (κ2) is 4.77. The second-order valence-corrected chi connectivity index (χ2v) is 4.61. The molecule has 94 valence electrons. The van der Waals surface area contributed by atoms with Crippen LogP contribution in [0.15, 0.2) is 23.0 Å². The van der Waals surface area contributed by atoms with Crippen molar-refractivity contribution < 1.29 is 0 Å². The Bertz CT molecular complexity index is 621. The lowest BCUT2D eigenvalue weighted by molar-refractivity contribution is 0.952. The summed E-state index contributed by atoms with van der Waals surface area (Å²) in [6.07, 6.45) is 0.772. The average Bonchev–Trinajstić information content (AvgIpc) is 2.33. The molecule has 1 aromatic heterocycles. The maximum Gasteiger partial charge on any atom is 0.254 e. The molecule has 0 amide bonds. The Morgan fingerprint density at radius 3 is 2.33 bits per heavy atom. The van der Waals surface area contributed by atoms with E-state index in [1.54, 1.807) is 0 Å². The molecule has 0 aliphatic rings. The summed E-state index contributed by atoms with van der Waals surface area (Å²) < 4.78 is 0. The van der Waals surface area contributed by atoms with Gasteiger partial charge < -0.3 is 4.98 Å². The number of nitrogens with one attached hydrogen (secondary N) is 1. The maximum atomic E-state index is 11.9. The van der Waals surface area contributed by atoms with E-state index in [9.17, 15) is 4.79 Å². The molecule has 3 nitrogen and oxygen atoms in total. The molecule has 18 heavy (non-hydrogen) atoms. The zero-order valence-electron chi connectivity index (χ0n) is 11.3. The molecule has 1 N–H and O–H groups in total. The zero-order valence-corrected chi connectivity index (χ0v) is 11.3. The molecule has 0 saturated heterocycles. The molecule has 0 aliphatic carbocycles. The molecule has 0 bridgehead atoms. The first-order valence-corrected chi connectivity index (χ1v) is 6.21. The average molecular weight is 242 g/mol. The normalized spacial score (nSPS) is 10.7. The number of benzene rings is 1. The van der Waals surface area contributed by atoms with Gasteiger partial charge in [-0.1, -0.05) is 25.1 Å². The summed E-state index contributed by atoms with van der Waals surface area (Å²) in [7, 11) is 0. The van der Waals surface area contributed by atoms with Gasteiger partial charge in [-0.15, -0.1) is 0 Å². The molecule has 0 fully saturated rings. The van der Waals surface area contributed by atoms with Crippen molar-refractivity contribution in [3.8, 4) is 11.4 Å². The molecule has 0 saturated carbocycles. The summed E-state index contributed by atoms with van der Waals surface area (Å²) >= 11 is 0. The van der Waals surface area contributed by atoms with Gasteiger partial charge in [0, 0.05) is 11.1 Å². The van der Waals surface area contributed by atoms with E-state index < -0.39 is 0 Å². The number of nitrogens with zero attached hydrogens (tertiary/aromatic N) is 1. The lowest BCUT2D eigenvalue weighted by atomic mass is 10.0. The van der Waals surface area contributed by atoms with E-state index in [1.807, 2.05) is 45.9 Å². The Kier molecular flexibility index (Phi) is 3.32. The van der Waals surface area contributed by atoms with Gasteiger partial charge in [-0.05, 0) is 38.3 Å². The standard InChI is InChI=1S/C15H18N2O/c1-5-12-11(4)15(18)17-14(16-12)13-9(2)7-6-8-10(13)3/h6-8H,5H2,1-4H3,(H,16,17,18). The van der Waals surface area contributed by atoms with Gasteiger partial charge in [0.25, 0.3) is 5.56 Å². The van der Waals surface area contributed by atoms with Gasteiger partial charge in [0.05, 0.1) is 5.69 Å². The molecule has 0 atom stereocenters. The van der Waals surface area contributed by atoms with Crippen LogP contribution < -0.4 is 5.56 Å². The summed E-state index contributed by atoms with van der Waals surface area (Å²) in [6, 6.07) is 6.09. The van der Waals surface area contributed by atoms with E-state index in [4.69, 9.17) is 0 Å². The Balaban J connectivity index is 2.73. The highest BCUT2D eigenvalue weighted by molar-refractivity contribution is 5.64. The Morgan fingerprint density at radius 2 is 1.78 bits per heavy atom. The SMILES string of the molecule is CCc1nc(-c2c(C)cccc2C)[nH]c(=O)c1C. The van der Waals surface area contributed by atoms with Crippen LogP contribution in [-0.2, 0) is 6.42 Å². The molecule has 0 unspecified atom stereocenters. The summed E-state index contributed by atoms with van der Waals surface area (Å²) in [6.45, 7) is 7.91. The fourth-order valence-electron chi connectivity index (χ4n) is 2.23. The van der Waals surface area contributed by atoms with E-state index in [1.165, 1.54) is 0 Å². The number of aryl methyl sites for hydroxylation is 3. The molecule has 0 radical (unpaired) electrons. The predicted molar refractivity (Wildman–Crippen MR) is 73.9 cm³/mol. The van der Waals surface area contributed by atoms with Gasteiger partial charge in [0.1, 0.15) is 5.82 Å². The smallest absolute Gasteiger partial charge is 0.254 e. The number of aromatic amines is 1. The highest BCUT2D eigenvalue weighted by atomic mass is 16.1. The summed E-state index contributed by atoms with van der Waals surface area (Å²) in [5, 5.41) is 0. The highest BCUT2D eigenvalue weighted by Crippen LogP contribution is 2.23. The topological polar surface area (TPSA) is 45.8 Å². The van der Waals surface area contributed by atoms with E-state index in [0.717, 1.165) is 28.8 Å². The Hall–Kier alpha value is -1.90. The minimum atomic E-state index is -0.0421. The first-order valence-electron chi connectivity index (χ1n) is 6.21. The van der Waals surface area contributed by atoms with Crippen LogP contribution in [0.5, 0.6) is 0 Å². The predicted octanol–water partition coefficient (Wildman–Crippen LogP) is 2.92. The number of hydrogen-bond donors (Lipinski definition) is 1. The van der Waals surface area contributed by atoms with Crippen LogP contribution in [0.2, 0.25) is 0 Å². The van der Waals surface area contributed by atoms with Gasteiger partial charge >= 0.3 is 0 Å². The molecule has 1 heterocycles. The van der Waals surface area contributed by atoms with Crippen molar-refractivity contribution in [2.75, 3.05) is 0 Å². The van der Waals surface area contributed by atoms with Crippen molar-refractivity contribution in [3.63, 3.8) is 0 Å². The van der Waals surface area contributed by atoms with E-state index in [2.05, 4.69) is 9.97 Å². The van der Waals surface area contributed by atoms with Crippen LogP contribution in [-0.4, -0.2) is 9.97 Å². The van der Waals surface area contributed by atoms with Crippen molar-refractivity contribution >= 4 is 0 Å². The third-order valence-electron chi connectivity index (χ3n) is 3.30. The molecule has 2 aromatic rings. The van der Waals surface area contributed by atoms with Gasteiger partial charge in [0.2, 0.25) is 0 Å². The fourth-order valence-corrected chi connectivity index (χ4v) is 2.23. The molecular weight excluding hydrogens is 224 g/mol. The highest BCUT2D eigenvalue weighted by Gasteiger charge is 2.11. The largest absolute Gasteiger partial charge is 0.306 e. The van der Waals surface area contributed by atoms with Gasteiger partial charge in [-0.3, -0.25) is 4.79 Å². The fraction of sp³-hybridized carbons (Fsp3) is 0.333. The quantitative estimate of drug-likeness (QED) is 0.880. The lowest BCUT2D eigenvalue weighted by Crippen LogP contribution is -2.16. The number of hydrogen-bond acceptors (Lipinski definition) is 2. The van der Waals surface area contributed by atoms with E-state index in [-0.39, 0.29) is 5.56 Å². The second-order valence-electron chi connectivity index (χ2n) is 4.61. The summed E-state index contributed by atoms with van der Waals surface area (Å²) in [5.74, 6) is 0.679. The minimum Gasteiger partial charge on any atom is -0.306 e. The van der Waals surface area contributed by atoms with Crippen molar-refractivity contribution in [1.29, 1.82) is 0 Å². The third-order valence-corrected chi connectivity index (χ3v) is 3.30. The Labute approximate surface area is 107 Å². The van der Waals surface area contributed by atoms with Crippen LogP contribution >= 0.6 is 0 Å². The minimum absolute atomic E-state index is 0.0421. The molecule has 3 heteroatoms. The third kappa shape index (κ3) is 2.08. The molecular formula is C15H18N2O. The van der Waals surface area contributed by atoms with Crippen molar-refractivity contribution in [2.45, 2.75) is 34.1 Å². The van der Waals surface area contributed by atoms with Gasteiger partial charge in [-0.25, -0.2) is 4.98 Å². The van der Waals surface area contributed by atoms with Crippen molar-refractivity contribution in [3.05, 3.63) is 50.9 Å². The van der Waals surface area contributed by atoms with Crippen LogP contribution in [0, 0.1) is 20.8 Å². The van der Waals surface area contributed by atoms with Gasteiger partial charge in [0.15, 0.2) is 0 Å². The van der Waals surface area contributed by atoms with Crippen LogP contribution in [0.25, 0.3) is 11.4 Å². The summed E-state index contributed by atoms with van der Waals surface area (Å²) in [4.78, 5) is 19.4. The zero-order chi connectivity index (χ0) is 13.3. The first-order chi connectivity index (χ1) is 8.54. The number of H-pyrrole nitrogens is 1.